The number of para-hydroxylation sites is 1. The van der Waals surface area contributed by atoms with Crippen molar-refractivity contribution in [1.29, 1.82) is 0 Å². The predicted octanol–water partition coefficient (Wildman–Crippen LogP) is 2.80. The van der Waals surface area contributed by atoms with Crippen molar-refractivity contribution in [1.82, 2.24) is 9.78 Å². The van der Waals surface area contributed by atoms with Gasteiger partial charge in [0, 0.05) is 25.4 Å². The van der Waals surface area contributed by atoms with Gasteiger partial charge in [-0.25, -0.2) is 0 Å². The van der Waals surface area contributed by atoms with Gasteiger partial charge in [-0.3, -0.25) is 4.68 Å². The second-order valence-electron chi connectivity index (χ2n) is 3.48. The van der Waals surface area contributed by atoms with Gasteiger partial charge in [-0.1, -0.05) is 12.1 Å². The van der Waals surface area contributed by atoms with Gasteiger partial charge in [-0.05, 0) is 34.1 Å². The third-order valence-electron chi connectivity index (χ3n) is 2.37. The summed E-state index contributed by atoms with van der Waals surface area (Å²) in [5.41, 5.74) is 1.17. The summed E-state index contributed by atoms with van der Waals surface area (Å²) in [6.07, 6.45) is 2.66. The minimum atomic E-state index is 0.655. The Morgan fingerprint density at radius 2 is 2.12 bits per heavy atom. The van der Waals surface area contributed by atoms with Gasteiger partial charge in [-0.2, -0.15) is 5.10 Å². The van der Waals surface area contributed by atoms with Crippen LogP contribution in [0.1, 0.15) is 5.69 Å². The Labute approximate surface area is 103 Å². The predicted molar refractivity (Wildman–Crippen MR) is 66.5 cm³/mol. The van der Waals surface area contributed by atoms with Crippen molar-refractivity contribution in [3.05, 3.63) is 46.7 Å². The molecule has 1 aromatic heterocycles. The smallest absolute Gasteiger partial charge is 0.133 e. The number of nitrogens with zero attached hydrogens (tertiary/aromatic N) is 2. The van der Waals surface area contributed by atoms with E-state index in [4.69, 9.17) is 4.74 Å². The van der Waals surface area contributed by atoms with Crippen LogP contribution in [0.2, 0.25) is 0 Å². The van der Waals surface area contributed by atoms with E-state index >= 15 is 0 Å². The molecule has 2 rings (SSSR count). The Morgan fingerprint density at radius 1 is 1.31 bits per heavy atom. The SMILES string of the molecule is Cn1nccc1CCOc1ccccc1Br. The van der Waals surface area contributed by atoms with E-state index in [0.717, 1.165) is 16.6 Å². The number of hydrogen-bond donors (Lipinski definition) is 0. The molecule has 16 heavy (non-hydrogen) atoms. The molecule has 0 radical (unpaired) electrons. The molecule has 84 valence electrons. The molecule has 4 heteroatoms. The minimum Gasteiger partial charge on any atom is -0.492 e. The molecule has 3 nitrogen and oxygen atoms in total. The van der Waals surface area contributed by atoms with Crippen LogP contribution in [0.4, 0.5) is 0 Å². The molecular weight excluding hydrogens is 268 g/mol. The van der Waals surface area contributed by atoms with Crippen LogP contribution in [-0.2, 0) is 13.5 Å². The van der Waals surface area contributed by atoms with Crippen molar-refractivity contribution < 1.29 is 4.74 Å². The lowest BCUT2D eigenvalue weighted by atomic mass is 10.3. The number of aryl methyl sites for hydroxylation is 1. The van der Waals surface area contributed by atoms with Crippen LogP contribution in [0.15, 0.2) is 41.0 Å². The van der Waals surface area contributed by atoms with Gasteiger partial charge in [0.05, 0.1) is 11.1 Å². The molecule has 0 unspecified atom stereocenters. The molecule has 2 aromatic rings. The first kappa shape index (κ1) is 11.2. The van der Waals surface area contributed by atoms with Gasteiger partial charge in [0.2, 0.25) is 0 Å². The number of benzene rings is 1. The monoisotopic (exact) mass is 280 g/mol. The maximum atomic E-state index is 5.68. The highest BCUT2D eigenvalue weighted by molar-refractivity contribution is 9.10. The Kier molecular flexibility index (Phi) is 3.62. The topological polar surface area (TPSA) is 27.1 Å². The van der Waals surface area contributed by atoms with Crippen molar-refractivity contribution in [2.75, 3.05) is 6.61 Å². The minimum absolute atomic E-state index is 0.655. The van der Waals surface area contributed by atoms with Crippen molar-refractivity contribution in [3.63, 3.8) is 0 Å². The largest absolute Gasteiger partial charge is 0.492 e. The number of hydrogen-bond acceptors (Lipinski definition) is 2. The molecule has 0 bridgehead atoms. The lowest BCUT2D eigenvalue weighted by Crippen LogP contribution is -2.06. The summed E-state index contributed by atoms with van der Waals surface area (Å²) < 4.78 is 8.53. The van der Waals surface area contributed by atoms with E-state index in [-0.39, 0.29) is 0 Å². The second kappa shape index (κ2) is 5.16. The van der Waals surface area contributed by atoms with Crippen molar-refractivity contribution in [2.45, 2.75) is 6.42 Å². The first-order valence-corrected chi connectivity index (χ1v) is 5.91. The highest BCUT2D eigenvalue weighted by atomic mass is 79.9. The molecular formula is C12H13BrN2O. The average molecular weight is 281 g/mol. The maximum absolute atomic E-state index is 5.68. The lowest BCUT2D eigenvalue weighted by Gasteiger charge is -2.07. The van der Waals surface area contributed by atoms with Crippen LogP contribution in [0.5, 0.6) is 5.75 Å². The summed E-state index contributed by atoms with van der Waals surface area (Å²) in [6, 6.07) is 9.86. The molecule has 0 N–H and O–H groups in total. The summed E-state index contributed by atoms with van der Waals surface area (Å²) in [4.78, 5) is 0. The molecule has 0 saturated carbocycles. The van der Waals surface area contributed by atoms with E-state index in [2.05, 4.69) is 21.0 Å². The Balaban J connectivity index is 1.89. The molecule has 0 spiro atoms. The van der Waals surface area contributed by atoms with E-state index in [1.54, 1.807) is 6.20 Å². The summed E-state index contributed by atoms with van der Waals surface area (Å²) >= 11 is 3.45. The van der Waals surface area contributed by atoms with Gasteiger partial charge < -0.3 is 4.74 Å². The fourth-order valence-corrected chi connectivity index (χ4v) is 1.87. The zero-order chi connectivity index (χ0) is 11.4. The van der Waals surface area contributed by atoms with Crippen LogP contribution in [-0.4, -0.2) is 16.4 Å². The normalized spacial score (nSPS) is 10.4. The highest BCUT2D eigenvalue weighted by Crippen LogP contribution is 2.23. The quantitative estimate of drug-likeness (QED) is 0.861. The average Bonchev–Trinajstić information content (AvgIpc) is 2.67. The first-order valence-electron chi connectivity index (χ1n) is 5.11. The number of ether oxygens (including phenoxy) is 1. The number of halogens is 1. The summed E-state index contributed by atoms with van der Waals surface area (Å²) in [6.45, 7) is 0.655. The van der Waals surface area contributed by atoms with Crippen LogP contribution < -0.4 is 4.74 Å². The molecule has 0 amide bonds. The summed E-state index contributed by atoms with van der Waals surface area (Å²) in [5, 5.41) is 4.11. The zero-order valence-electron chi connectivity index (χ0n) is 9.06. The highest BCUT2D eigenvalue weighted by Gasteiger charge is 2.01. The van der Waals surface area contributed by atoms with Gasteiger partial charge in [-0.15, -0.1) is 0 Å². The Morgan fingerprint density at radius 3 is 2.81 bits per heavy atom. The zero-order valence-corrected chi connectivity index (χ0v) is 10.6. The molecule has 0 aliphatic rings. The van der Waals surface area contributed by atoms with Gasteiger partial charge in [0.25, 0.3) is 0 Å². The fraction of sp³-hybridized carbons (Fsp3) is 0.250. The Hall–Kier alpha value is -1.29. The third-order valence-corrected chi connectivity index (χ3v) is 3.03. The van der Waals surface area contributed by atoms with E-state index in [0.29, 0.717) is 6.61 Å². The summed E-state index contributed by atoms with van der Waals surface area (Å²) in [7, 11) is 1.94. The van der Waals surface area contributed by atoms with Crippen LogP contribution in [0.3, 0.4) is 0 Å². The van der Waals surface area contributed by atoms with Crippen LogP contribution in [0.25, 0.3) is 0 Å². The Bertz CT molecular complexity index is 468. The molecule has 0 saturated heterocycles. The van der Waals surface area contributed by atoms with E-state index in [9.17, 15) is 0 Å². The maximum Gasteiger partial charge on any atom is 0.133 e. The fourth-order valence-electron chi connectivity index (χ4n) is 1.47. The van der Waals surface area contributed by atoms with Crippen molar-refractivity contribution in [3.8, 4) is 5.75 Å². The van der Waals surface area contributed by atoms with Crippen LogP contribution >= 0.6 is 15.9 Å². The van der Waals surface area contributed by atoms with Crippen LogP contribution in [0, 0.1) is 0 Å². The number of rotatable bonds is 4. The standard InChI is InChI=1S/C12H13BrN2O/c1-15-10(6-8-14-15)7-9-16-12-5-3-2-4-11(12)13/h2-6,8H,7,9H2,1H3. The molecule has 0 fully saturated rings. The molecule has 0 aliphatic heterocycles. The lowest BCUT2D eigenvalue weighted by molar-refractivity contribution is 0.316. The van der Waals surface area contributed by atoms with Gasteiger partial charge >= 0.3 is 0 Å². The van der Waals surface area contributed by atoms with Crippen molar-refractivity contribution >= 4 is 15.9 Å². The molecule has 1 heterocycles. The summed E-state index contributed by atoms with van der Waals surface area (Å²) in [5.74, 6) is 0.879. The molecule has 1 aromatic carbocycles. The second-order valence-corrected chi connectivity index (χ2v) is 4.33. The van der Waals surface area contributed by atoms with E-state index in [1.807, 2.05) is 42.1 Å². The molecule has 0 aliphatic carbocycles. The molecule has 0 atom stereocenters. The van der Waals surface area contributed by atoms with Gasteiger partial charge in [0.15, 0.2) is 0 Å². The van der Waals surface area contributed by atoms with E-state index in [1.165, 1.54) is 5.69 Å². The van der Waals surface area contributed by atoms with Gasteiger partial charge in [0.1, 0.15) is 5.75 Å². The third kappa shape index (κ3) is 2.64. The number of aromatic nitrogens is 2. The van der Waals surface area contributed by atoms with Crippen molar-refractivity contribution in [2.24, 2.45) is 7.05 Å². The first-order chi connectivity index (χ1) is 7.77. The van der Waals surface area contributed by atoms with E-state index < -0.39 is 0 Å².